The van der Waals surface area contributed by atoms with Crippen LogP contribution in [0.1, 0.15) is 29.2 Å². The van der Waals surface area contributed by atoms with Gasteiger partial charge in [-0.05, 0) is 53.8 Å². The van der Waals surface area contributed by atoms with Crippen LogP contribution >= 0.6 is 0 Å². The molecule has 0 radical (unpaired) electrons. The van der Waals surface area contributed by atoms with Crippen LogP contribution in [0.4, 0.5) is 0 Å². The second-order valence-electron chi connectivity index (χ2n) is 5.06. The third-order valence-electron chi connectivity index (χ3n) is 3.70. The number of hydrogen-bond donors (Lipinski definition) is 1. The number of fused-ring (bicyclic) bond motifs is 1. The van der Waals surface area contributed by atoms with Crippen molar-refractivity contribution in [2.24, 2.45) is 0 Å². The summed E-state index contributed by atoms with van der Waals surface area (Å²) in [6, 6.07) is 13.8. The predicted molar refractivity (Wildman–Crippen MR) is 77.0 cm³/mol. The Morgan fingerprint density at radius 1 is 1.15 bits per heavy atom. The Labute approximate surface area is 118 Å². The second-order valence-corrected chi connectivity index (χ2v) is 5.06. The van der Waals surface area contributed by atoms with E-state index < -0.39 is 0 Å². The van der Waals surface area contributed by atoms with Gasteiger partial charge in [-0.25, -0.2) is 0 Å². The number of aliphatic hydroxyl groups excluding tert-OH is 1. The van der Waals surface area contributed by atoms with Crippen LogP contribution < -0.4 is 9.47 Å². The van der Waals surface area contributed by atoms with Crippen LogP contribution in [0.5, 0.6) is 11.5 Å². The van der Waals surface area contributed by atoms with Crippen molar-refractivity contribution in [1.29, 1.82) is 0 Å². The molecular formula is C17H18O3. The van der Waals surface area contributed by atoms with Gasteiger partial charge in [0.1, 0.15) is 18.1 Å². The SMILES string of the molecule is COc1cccc(COc2ccc3c(c2)CC[C@H]3O)c1. The molecule has 1 aliphatic carbocycles. The van der Waals surface area contributed by atoms with Gasteiger partial charge in [-0.3, -0.25) is 0 Å². The summed E-state index contributed by atoms with van der Waals surface area (Å²) >= 11 is 0. The fourth-order valence-corrected chi connectivity index (χ4v) is 2.59. The average Bonchev–Trinajstić information content (AvgIpc) is 2.86. The number of methoxy groups -OCH3 is 1. The van der Waals surface area contributed by atoms with Crippen LogP contribution in [0.15, 0.2) is 42.5 Å². The zero-order chi connectivity index (χ0) is 13.9. The molecule has 0 fully saturated rings. The lowest BCUT2D eigenvalue weighted by molar-refractivity contribution is 0.180. The molecule has 0 unspecified atom stereocenters. The first-order valence-corrected chi connectivity index (χ1v) is 6.83. The molecule has 3 rings (SSSR count). The molecule has 0 saturated carbocycles. The Bertz CT molecular complexity index is 607. The number of benzene rings is 2. The molecule has 3 heteroatoms. The fraction of sp³-hybridized carbons (Fsp3) is 0.294. The van der Waals surface area contributed by atoms with Crippen LogP contribution in [0, 0.1) is 0 Å². The second kappa shape index (κ2) is 5.55. The molecule has 1 atom stereocenters. The first-order chi connectivity index (χ1) is 9.76. The van der Waals surface area contributed by atoms with Gasteiger partial charge in [-0.1, -0.05) is 18.2 Å². The maximum atomic E-state index is 9.78. The monoisotopic (exact) mass is 270 g/mol. The first kappa shape index (κ1) is 13.0. The largest absolute Gasteiger partial charge is 0.497 e. The molecule has 1 aliphatic rings. The standard InChI is InChI=1S/C17H18O3/c1-19-14-4-2-3-12(9-14)11-20-15-6-7-16-13(10-15)5-8-17(16)18/h2-4,6-7,9-10,17-18H,5,8,11H2,1H3/t17-/m1/s1. The molecule has 0 saturated heterocycles. The molecule has 104 valence electrons. The van der Waals surface area contributed by atoms with Crippen molar-refractivity contribution >= 4 is 0 Å². The zero-order valence-electron chi connectivity index (χ0n) is 11.5. The predicted octanol–water partition coefficient (Wildman–Crippen LogP) is 3.25. The summed E-state index contributed by atoms with van der Waals surface area (Å²) in [7, 11) is 1.66. The summed E-state index contributed by atoms with van der Waals surface area (Å²) in [6.07, 6.45) is 1.43. The lowest BCUT2D eigenvalue weighted by Gasteiger charge is -2.10. The molecule has 1 N–H and O–H groups in total. The van der Waals surface area contributed by atoms with Gasteiger partial charge >= 0.3 is 0 Å². The van der Waals surface area contributed by atoms with Crippen molar-refractivity contribution in [1.82, 2.24) is 0 Å². The van der Waals surface area contributed by atoms with Crippen molar-refractivity contribution < 1.29 is 14.6 Å². The van der Waals surface area contributed by atoms with Gasteiger partial charge < -0.3 is 14.6 Å². The highest BCUT2D eigenvalue weighted by Crippen LogP contribution is 2.33. The molecule has 3 nitrogen and oxygen atoms in total. The Morgan fingerprint density at radius 3 is 2.90 bits per heavy atom. The smallest absolute Gasteiger partial charge is 0.120 e. The van der Waals surface area contributed by atoms with Crippen molar-refractivity contribution in [3.05, 3.63) is 59.2 Å². The molecular weight excluding hydrogens is 252 g/mol. The normalized spacial score (nSPS) is 16.8. The topological polar surface area (TPSA) is 38.7 Å². The molecule has 0 aromatic heterocycles. The number of hydrogen-bond acceptors (Lipinski definition) is 3. The molecule has 0 aliphatic heterocycles. The van der Waals surface area contributed by atoms with Crippen molar-refractivity contribution in [3.63, 3.8) is 0 Å². The number of ether oxygens (including phenoxy) is 2. The van der Waals surface area contributed by atoms with Crippen LogP contribution in [0.25, 0.3) is 0 Å². The quantitative estimate of drug-likeness (QED) is 0.926. The van der Waals surface area contributed by atoms with Crippen LogP contribution in [-0.4, -0.2) is 12.2 Å². The van der Waals surface area contributed by atoms with Gasteiger partial charge in [0.05, 0.1) is 13.2 Å². The maximum absolute atomic E-state index is 9.78. The lowest BCUT2D eigenvalue weighted by atomic mass is 10.1. The molecule has 0 spiro atoms. The van der Waals surface area contributed by atoms with E-state index in [4.69, 9.17) is 9.47 Å². The molecule has 20 heavy (non-hydrogen) atoms. The highest BCUT2D eigenvalue weighted by atomic mass is 16.5. The fourth-order valence-electron chi connectivity index (χ4n) is 2.59. The molecule has 0 bridgehead atoms. The van der Waals surface area contributed by atoms with Gasteiger partial charge in [0.15, 0.2) is 0 Å². The Balaban J connectivity index is 1.69. The minimum absolute atomic E-state index is 0.308. The van der Waals surface area contributed by atoms with E-state index in [1.54, 1.807) is 7.11 Å². The Kier molecular flexibility index (Phi) is 3.61. The van der Waals surface area contributed by atoms with E-state index in [-0.39, 0.29) is 6.10 Å². The van der Waals surface area contributed by atoms with E-state index in [0.717, 1.165) is 35.5 Å². The van der Waals surface area contributed by atoms with Crippen LogP contribution in [0.3, 0.4) is 0 Å². The van der Waals surface area contributed by atoms with Crippen molar-refractivity contribution in [2.45, 2.75) is 25.6 Å². The first-order valence-electron chi connectivity index (χ1n) is 6.83. The lowest BCUT2D eigenvalue weighted by Crippen LogP contribution is -1.97. The summed E-state index contributed by atoms with van der Waals surface area (Å²) in [5.74, 6) is 1.68. The molecule has 0 heterocycles. The highest BCUT2D eigenvalue weighted by molar-refractivity contribution is 5.40. The van der Waals surface area contributed by atoms with E-state index in [0.29, 0.717) is 6.61 Å². The number of rotatable bonds is 4. The zero-order valence-corrected chi connectivity index (χ0v) is 11.5. The Hall–Kier alpha value is -2.00. The van der Waals surface area contributed by atoms with Crippen LogP contribution in [0.2, 0.25) is 0 Å². The van der Waals surface area contributed by atoms with E-state index in [1.165, 1.54) is 5.56 Å². The van der Waals surface area contributed by atoms with Gasteiger partial charge in [-0.2, -0.15) is 0 Å². The molecule has 0 amide bonds. The number of aliphatic hydroxyl groups is 1. The van der Waals surface area contributed by atoms with Crippen molar-refractivity contribution in [2.75, 3.05) is 7.11 Å². The van der Waals surface area contributed by atoms with Crippen molar-refractivity contribution in [3.8, 4) is 11.5 Å². The minimum Gasteiger partial charge on any atom is -0.497 e. The van der Waals surface area contributed by atoms with Crippen LogP contribution in [-0.2, 0) is 13.0 Å². The summed E-state index contributed by atoms with van der Waals surface area (Å²) in [6.45, 7) is 0.512. The minimum atomic E-state index is -0.308. The van der Waals surface area contributed by atoms with Gasteiger partial charge in [0, 0.05) is 0 Å². The number of aryl methyl sites for hydroxylation is 1. The third kappa shape index (κ3) is 2.63. The summed E-state index contributed by atoms with van der Waals surface area (Å²) in [5.41, 5.74) is 3.31. The summed E-state index contributed by atoms with van der Waals surface area (Å²) < 4.78 is 11.0. The molecule has 2 aromatic carbocycles. The Morgan fingerprint density at radius 2 is 2.05 bits per heavy atom. The molecule has 2 aromatic rings. The average molecular weight is 270 g/mol. The van der Waals surface area contributed by atoms with Gasteiger partial charge in [0.2, 0.25) is 0 Å². The van der Waals surface area contributed by atoms with E-state index in [1.807, 2.05) is 42.5 Å². The van der Waals surface area contributed by atoms with E-state index >= 15 is 0 Å². The summed E-state index contributed by atoms with van der Waals surface area (Å²) in [5, 5.41) is 9.78. The summed E-state index contributed by atoms with van der Waals surface area (Å²) in [4.78, 5) is 0. The van der Waals surface area contributed by atoms with Gasteiger partial charge in [0.25, 0.3) is 0 Å². The van der Waals surface area contributed by atoms with Gasteiger partial charge in [-0.15, -0.1) is 0 Å². The highest BCUT2D eigenvalue weighted by Gasteiger charge is 2.20. The van der Waals surface area contributed by atoms with E-state index in [2.05, 4.69) is 0 Å². The maximum Gasteiger partial charge on any atom is 0.120 e. The van der Waals surface area contributed by atoms with E-state index in [9.17, 15) is 5.11 Å². The third-order valence-corrected chi connectivity index (χ3v) is 3.70.